The summed E-state index contributed by atoms with van der Waals surface area (Å²) in [7, 11) is 1.42. The average Bonchev–Trinajstić information content (AvgIpc) is 2.12. The Balaban J connectivity index is 3.90. The van der Waals surface area contributed by atoms with E-state index < -0.39 is 0 Å². The summed E-state index contributed by atoms with van der Waals surface area (Å²) in [5, 5.41) is 0. The molecule has 72 valence electrons. The van der Waals surface area contributed by atoms with Crippen molar-refractivity contribution < 1.29 is 9.53 Å². The van der Waals surface area contributed by atoms with E-state index in [1.807, 2.05) is 0 Å². The van der Waals surface area contributed by atoms with Crippen LogP contribution < -0.4 is 0 Å². The van der Waals surface area contributed by atoms with Gasteiger partial charge >= 0.3 is 5.97 Å². The molecule has 12 heavy (non-hydrogen) atoms. The van der Waals surface area contributed by atoms with Crippen molar-refractivity contribution >= 4 is 5.97 Å². The van der Waals surface area contributed by atoms with E-state index in [2.05, 4.69) is 30.4 Å². The lowest BCUT2D eigenvalue weighted by Crippen LogP contribution is -2.37. The van der Waals surface area contributed by atoms with E-state index >= 15 is 0 Å². The highest BCUT2D eigenvalue weighted by molar-refractivity contribution is 5.71. The highest BCUT2D eigenvalue weighted by Crippen LogP contribution is 2.02. The zero-order valence-electron chi connectivity index (χ0n) is 8.46. The first-order valence-corrected chi connectivity index (χ1v) is 4.46. The largest absolute Gasteiger partial charge is 0.468 e. The van der Waals surface area contributed by atoms with Crippen LogP contribution in [0.1, 0.15) is 27.2 Å². The molecule has 0 fully saturated rings. The maximum absolute atomic E-state index is 10.9. The molecular formula is C9H19NO2. The molecule has 0 spiro atoms. The highest BCUT2D eigenvalue weighted by Gasteiger charge is 2.13. The zero-order valence-corrected chi connectivity index (χ0v) is 8.46. The van der Waals surface area contributed by atoms with Gasteiger partial charge in [0.2, 0.25) is 0 Å². The number of hydrogen-bond acceptors (Lipinski definition) is 3. The minimum Gasteiger partial charge on any atom is -0.468 e. The molecule has 0 saturated heterocycles. The maximum atomic E-state index is 10.9. The van der Waals surface area contributed by atoms with Gasteiger partial charge in [-0.1, -0.05) is 13.8 Å². The van der Waals surface area contributed by atoms with Gasteiger partial charge in [0.25, 0.3) is 0 Å². The van der Waals surface area contributed by atoms with E-state index in [4.69, 9.17) is 0 Å². The van der Waals surface area contributed by atoms with Crippen molar-refractivity contribution in [1.29, 1.82) is 0 Å². The van der Waals surface area contributed by atoms with Gasteiger partial charge in [-0.05, 0) is 19.9 Å². The normalized spacial score (nSPS) is 13.1. The van der Waals surface area contributed by atoms with Crippen LogP contribution in [-0.2, 0) is 9.53 Å². The molecule has 0 saturated carbocycles. The van der Waals surface area contributed by atoms with E-state index in [0.717, 1.165) is 13.0 Å². The Bertz CT molecular complexity index is 136. The Hall–Kier alpha value is -0.570. The van der Waals surface area contributed by atoms with Gasteiger partial charge in [0.15, 0.2) is 0 Å². The van der Waals surface area contributed by atoms with Crippen molar-refractivity contribution in [3.63, 3.8) is 0 Å². The molecule has 0 rings (SSSR count). The summed E-state index contributed by atoms with van der Waals surface area (Å²) in [4.78, 5) is 13.0. The fourth-order valence-electron chi connectivity index (χ4n) is 1.07. The lowest BCUT2D eigenvalue weighted by molar-refractivity contribution is -0.142. The fraction of sp³-hybridized carbons (Fsp3) is 0.889. The van der Waals surface area contributed by atoms with Crippen molar-refractivity contribution in [1.82, 2.24) is 4.90 Å². The second-order valence-corrected chi connectivity index (χ2v) is 2.90. The highest BCUT2D eigenvalue weighted by atomic mass is 16.5. The van der Waals surface area contributed by atoms with Crippen LogP contribution in [0, 0.1) is 0 Å². The minimum atomic E-state index is -0.155. The molecule has 0 heterocycles. The van der Waals surface area contributed by atoms with E-state index in [-0.39, 0.29) is 5.97 Å². The first-order valence-electron chi connectivity index (χ1n) is 4.46. The number of hydrogen-bond donors (Lipinski definition) is 0. The summed E-state index contributed by atoms with van der Waals surface area (Å²) in [5.74, 6) is -0.155. The number of likely N-dealkylation sites (N-methyl/N-ethyl adjacent to an activating group) is 1. The molecule has 1 unspecified atom stereocenters. The van der Waals surface area contributed by atoms with Gasteiger partial charge in [-0.2, -0.15) is 0 Å². The SMILES string of the molecule is CCC(C)N(CC)CC(=O)OC. The molecule has 1 atom stereocenters. The van der Waals surface area contributed by atoms with Gasteiger partial charge in [0.05, 0.1) is 13.7 Å². The predicted molar refractivity (Wildman–Crippen MR) is 49.0 cm³/mol. The number of rotatable bonds is 5. The Morgan fingerprint density at radius 2 is 2.08 bits per heavy atom. The standard InChI is InChI=1S/C9H19NO2/c1-5-8(3)10(6-2)7-9(11)12-4/h8H,5-7H2,1-4H3. The molecule has 0 aromatic carbocycles. The van der Waals surface area contributed by atoms with Crippen molar-refractivity contribution in [3.8, 4) is 0 Å². The first kappa shape index (κ1) is 11.4. The summed E-state index contributed by atoms with van der Waals surface area (Å²) in [6, 6.07) is 0.453. The molecule has 3 nitrogen and oxygen atoms in total. The molecule has 0 aromatic heterocycles. The van der Waals surface area contributed by atoms with Crippen LogP contribution in [0.3, 0.4) is 0 Å². The Kier molecular flexibility index (Phi) is 5.72. The fourth-order valence-corrected chi connectivity index (χ4v) is 1.07. The summed E-state index contributed by atoms with van der Waals surface area (Å²) >= 11 is 0. The van der Waals surface area contributed by atoms with Crippen LogP contribution in [-0.4, -0.2) is 37.1 Å². The molecule has 0 aliphatic heterocycles. The molecular weight excluding hydrogens is 154 g/mol. The summed E-state index contributed by atoms with van der Waals surface area (Å²) in [5.41, 5.74) is 0. The number of nitrogens with zero attached hydrogens (tertiary/aromatic N) is 1. The van der Waals surface area contributed by atoms with E-state index in [0.29, 0.717) is 12.6 Å². The third kappa shape index (κ3) is 3.72. The lowest BCUT2D eigenvalue weighted by atomic mass is 10.2. The van der Waals surface area contributed by atoms with Gasteiger partial charge in [-0.3, -0.25) is 9.69 Å². The molecule has 3 heteroatoms. The van der Waals surface area contributed by atoms with Gasteiger partial charge in [-0.25, -0.2) is 0 Å². The minimum absolute atomic E-state index is 0.155. The lowest BCUT2D eigenvalue weighted by Gasteiger charge is -2.25. The topological polar surface area (TPSA) is 29.5 Å². The number of carbonyl (C=O) groups excluding carboxylic acids is 1. The third-order valence-electron chi connectivity index (χ3n) is 2.18. The van der Waals surface area contributed by atoms with Crippen molar-refractivity contribution in [2.45, 2.75) is 33.2 Å². The van der Waals surface area contributed by atoms with Crippen LogP contribution in [0.4, 0.5) is 0 Å². The predicted octanol–water partition coefficient (Wildman–Crippen LogP) is 1.28. The van der Waals surface area contributed by atoms with Crippen molar-refractivity contribution in [3.05, 3.63) is 0 Å². The third-order valence-corrected chi connectivity index (χ3v) is 2.18. The maximum Gasteiger partial charge on any atom is 0.319 e. The van der Waals surface area contributed by atoms with Crippen LogP contribution in [0.2, 0.25) is 0 Å². The average molecular weight is 173 g/mol. The second-order valence-electron chi connectivity index (χ2n) is 2.90. The summed E-state index contributed by atoms with van der Waals surface area (Å²) in [6.07, 6.45) is 1.06. The molecule has 0 aliphatic carbocycles. The summed E-state index contributed by atoms with van der Waals surface area (Å²) in [6.45, 7) is 7.58. The quantitative estimate of drug-likeness (QED) is 0.586. The number of ether oxygens (including phenoxy) is 1. The van der Waals surface area contributed by atoms with Gasteiger partial charge < -0.3 is 4.74 Å². The van der Waals surface area contributed by atoms with Crippen molar-refractivity contribution in [2.75, 3.05) is 20.2 Å². The van der Waals surface area contributed by atoms with Crippen molar-refractivity contribution in [2.24, 2.45) is 0 Å². The van der Waals surface area contributed by atoms with Gasteiger partial charge in [0, 0.05) is 6.04 Å². The molecule has 0 amide bonds. The Labute approximate surface area is 74.7 Å². The molecule has 0 radical (unpaired) electrons. The Morgan fingerprint density at radius 3 is 2.42 bits per heavy atom. The Morgan fingerprint density at radius 1 is 1.50 bits per heavy atom. The smallest absolute Gasteiger partial charge is 0.319 e. The van der Waals surface area contributed by atoms with Crippen LogP contribution >= 0.6 is 0 Å². The second kappa shape index (κ2) is 6.00. The molecule has 0 aliphatic rings. The molecule has 0 bridgehead atoms. The van der Waals surface area contributed by atoms with E-state index in [9.17, 15) is 4.79 Å². The van der Waals surface area contributed by atoms with Crippen LogP contribution in [0.5, 0.6) is 0 Å². The first-order chi connectivity index (χ1) is 5.65. The van der Waals surface area contributed by atoms with Gasteiger partial charge in [0.1, 0.15) is 0 Å². The number of carbonyl (C=O) groups is 1. The van der Waals surface area contributed by atoms with E-state index in [1.165, 1.54) is 7.11 Å². The summed E-state index contributed by atoms with van der Waals surface area (Å²) < 4.78 is 4.60. The van der Waals surface area contributed by atoms with Crippen LogP contribution in [0.25, 0.3) is 0 Å². The van der Waals surface area contributed by atoms with Gasteiger partial charge in [-0.15, -0.1) is 0 Å². The molecule has 0 N–H and O–H groups in total. The monoisotopic (exact) mass is 173 g/mol. The number of methoxy groups -OCH3 is 1. The van der Waals surface area contributed by atoms with Crippen LogP contribution in [0.15, 0.2) is 0 Å². The number of esters is 1. The zero-order chi connectivity index (χ0) is 9.56. The molecule has 0 aromatic rings. The van der Waals surface area contributed by atoms with E-state index in [1.54, 1.807) is 0 Å².